The summed E-state index contributed by atoms with van der Waals surface area (Å²) in [5.41, 5.74) is 4.03. The minimum Gasteiger partial charge on any atom is -0.272 e. The van der Waals surface area contributed by atoms with Gasteiger partial charge in [-0.05, 0) is 58.9 Å². The van der Waals surface area contributed by atoms with Gasteiger partial charge >= 0.3 is 0 Å². The summed E-state index contributed by atoms with van der Waals surface area (Å²) >= 11 is 5.19. The van der Waals surface area contributed by atoms with Crippen LogP contribution in [0.5, 0.6) is 0 Å². The smallest absolute Gasteiger partial charge is 0.196 e. The highest BCUT2D eigenvalue weighted by atomic mass is 79.9. The fraction of sp³-hybridized carbons (Fsp3) is 0.160. The normalized spacial score (nSPS) is 11.4. The van der Waals surface area contributed by atoms with Crippen LogP contribution in [0.1, 0.15) is 22.8 Å². The fourth-order valence-electron chi connectivity index (χ4n) is 3.89. The molecule has 0 unspecified atom stereocenters. The Hall–Kier alpha value is -2.97. The standard InChI is InChI=1S/C25H21BrFN5S/c1-16-24(26)17(2)31(30-16)14-23-28-29-25(32(23)19-8-4-3-5-9-19)33-15-18-12-13-22(27)21-11-7-6-10-20(18)21/h3-13H,14-15H2,1-2H3. The zero-order valence-electron chi connectivity index (χ0n) is 18.2. The molecule has 2 aromatic heterocycles. The second kappa shape index (κ2) is 9.11. The van der Waals surface area contributed by atoms with Crippen molar-refractivity contribution >= 4 is 38.5 Å². The minimum absolute atomic E-state index is 0.204. The zero-order chi connectivity index (χ0) is 22.9. The monoisotopic (exact) mass is 521 g/mol. The van der Waals surface area contributed by atoms with Gasteiger partial charge in [0.1, 0.15) is 12.4 Å². The van der Waals surface area contributed by atoms with Gasteiger partial charge in [0.2, 0.25) is 0 Å². The molecule has 0 aliphatic rings. The summed E-state index contributed by atoms with van der Waals surface area (Å²) in [6, 6.07) is 21.0. The molecule has 33 heavy (non-hydrogen) atoms. The Kier molecular flexibility index (Phi) is 6.03. The molecule has 0 spiro atoms. The van der Waals surface area contributed by atoms with Gasteiger partial charge in [0, 0.05) is 16.8 Å². The average Bonchev–Trinajstić information content (AvgIpc) is 3.35. The fourth-order valence-corrected chi connectivity index (χ4v) is 5.15. The van der Waals surface area contributed by atoms with Crippen molar-refractivity contribution in [1.82, 2.24) is 24.5 Å². The Bertz CT molecular complexity index is 1440. The highest BCUT2D eigenvalue weighted by Gasteiger charge is 2.18. The van der Waals surface area contributed by atoms with Gasteiger partial charge in [-0.1, -0.05) is 60.3 Å². The third-order valence-electron chi connectivity index (χ3n) is 5.62. The van der Waals surface area contributed by atoms with Crippen LogP contribution in [-0.2, 0) is 12.3 Å². The van der Waals surface area contributed by atoms with Crippen LogP contribution in [0.4, 0.5) is 4.39 Å². The van der Waals surface area contributed by atoms with Crippen molar-refractivity contribution in [1.29, 1.82) is 0 Å². The van der Waals surface area contributed by atoms with Crippen LogP contribution in [0.15, 0.2) is 76.4 Å². The number of hydrogen-bond acceptors (Lipinski definition) is 4. The summed E-state index contributed by atoms with van der Waals surface area (Å²) in [6.45, 7) is 4.51. The molecular weight excluding hydrogens is 501 g/mol. The van der Waals surface area contributed by atoms with Gasteiger partial charge in [-0.25, -0.2) is 4.39 Å². The van der Waals surface area contributed by atoms with E-state index in [4.69, 9.17) is 0 Å². The maximum atomic E-state index is 14.2. The number of rotatable bonds is 6. The second-order valence-electron chi connectivity index (χ2n) is 7.75. The molecule has 0 fully saturated rings. The molecule has 3 aromatic carbocycles. The molecule has 0 aliphatic carbocycles. The molecule has 0 aliphatic heterocycles. The van der Waals surface area contributed by atoms with Crippen LogP contribution in [0.3, 0.4) is 0 Å². The van der Waals surface area contributed by atoms with Crippen LogP contribution < -0.4 is 0 Å². The number of hydrogen-bond donors (Lipinski definition) is 0. The van der Waals surface area contributed by atoms with Crippen LogP contribution in [0, 0.1) is 19.7 Å². The van der Waals surface area contributed by atoms with E-state index in [2.05, 4.69) is 35.8 Å². The van der Waals surface area contributed by atoms with E-state index < -0.39 is 0 Å². The topological polar surface area (TPSA) is 48.5 Å². The largest absolute Gasteiger partial charge is 0.272 e. The summed E-state index contributed by atoms with van der Waals surface area (Å²) in [5.74, 6) is 1.24. The van der Waals surface area contributed by atoms with E-state index in [0.717, 1.165) is 43.5 Å². The number of aromatic nitrogens is 5. The first-order valence-electron chi connectivity index (χ1n) is 10.5. The van der Waals surface area contributed by atoms with Crippen molar-refractivity contribution in [2.45, 2.75) is 31.3 Å². The van der Waals surface area contributed by atoms with Gasteiger partial charge in [-0.3, -0.25) is 9.25 Å². The lowest BCUT2D eigenvalue weighted by Crippen LogP contribution is -2.10. The van der Waals surface area contributed by atoms with Crippen molar-refractivity contribution in [3.05, 3.63) is 99.8 Å². The number of benzene rings is 3. The zero-order valence-corrected chi connectivity index (χ0v) is 20.6. The van der Waals surface area contributed by atoms with E-state index >= 15 is 0 Å². The highest BCUT2D eigenvalue weighted by Crippen LogP contribution is 2.30. The molecule has 2 heterocycles. The molecule has 0 saturated heterocycles. The summed E-state index contributed by atoms with van der Waals surface area (Å²) in [6.07, 6.45) is 0. The molecule has 0 N–H and O–H groups in total. The van der Waals surface area contributed by atoms with Crippen LogP contribution in [0.2, 0.25) is 0 Å². The third kappa shape index (κ3) is 4.20. The van der Waals surface area contributed by atoms with Crippen LogP contribution in [-0.4, -0.2) is 24.5 Å². The average molecular weight is 522 g/mol. The summed E-state index contributed by atoms with van der Waals surface area (Å²) in [7, 11) is 0. The molecule has 0 atom stereocenters. The molecular formula is C25H21BrFN5S. The first-order valence-corrected chi connectivity index (χ1v) is 12.3. The molecule has 0 amide bonds. The Labute approximate surface area is 203 Å². The number of aryl methyl sites for hydroxylation is 1. The maximum absolute atomic E-state index is 14.2. The molecule has 5 aromatic rings. The lowest BCUT2D eigenvalue weighted by molar-refractivity contribution is 0.619. The molecule has 0 saturated carbocycles. The van der Waals surface area contributed by atoms with Crippen LogP contribution >= 0.6 is 27.7 Å². The van der Waals surface area contributed by atoms with Crippen molar-refractivity contribution in [3.8, 4) is 5.69 Å². The maximum Gasteiger partial charge on any atom is 0.196 e. The van der Waals surface area contributed by atoms with Crippen molar-refractivity contribution < 1.29 is 4.39 Å². The van der Waals surface area contributed by atoms with E-state index in [1.807, 2.05) is 79.2 Å². The van der Waals surface area contributed by atoms with Gasteiger partial charge in [-0.15, -0.1) is 10.2 Å². The summed E-state index contributed by atoms with van der Waals surface area (Å²) in [5, 5.41) is 16.0. The molecule has 5 nitrogen and oxygen atoms in total. The Morgan fingerprint density at radius 3 is 2.36 bits per heavy atom. The Morgan fingerprint density at radius 1 is 0.909 bits per heavy atom. The molecule has 0 bridgehead atoms. The van der Waals surface area contributed by atoms with E-state index in [0.29, 0.717) is 17.7 Å². The second-order valence-corrected chi connectivity index (χ2v) is 9.49. The lowest BCUT2D eigenvalue weighted by atomic mass is 10.1. The van der Waals surface area contributed by atoms with Crippen LogP contribution in [0.25, 0.3) is 16.5 Å². The summed E-state index contributed by atoms with van der Waals surface area (Å²) in [4.78, 5) is 0. The lowest BCUT2D eigenvalue weighted by Gasteiger charge is -2.12. The number of para-hydroxylation sites is 1. The number of halogens is 2. The van der Waals surface area contributed by atoms with Crippen molar-refractivity contribution in [2.24, 2.45) is 0 Å². The van der Waals surface area contributed by atoms with E-state index in [9.17, 15) is 4.39 Å². The highest BCUT2D eigenvalue weighted by molar-refractivity contribution is 9.10. The Balaban J connectivity index is 1.51. The number of nitrogens with zero attached hydrogens (tertiary/aromatic N) is 5. The van der Waals surface area contributed by atoms with Crippen molar-refractivity contribution in [2.75, 3.05) is 0 Å². The first kappa shape index (κ1) is 21.9. The summed E-state index contributed by atoms with van der Waals surface area (Å²) < 4.78 is 19.3. The molecule has 8 heteroatoms. The predicted octanol–water partition coefficient (Wildman–Crippen LogP) is 6.48. The van der Waals surface area contributed by atoms with E-state index in [-0.39, 0.29) is 5.82 Å². The van der Waals surface area contributed by atoms with E-state index in [1.54, 1.807) is 11.8 Å². The van der Waals surface area contributed by atoms with Gasteiger partial charge in [0.05, 0.1) is 15.9 Å². The molecule has 0 radical (unpaired) electrons. The first-order chi connectivity index (χ1) is 16.0. The van der Waals surface area contributed by atoms with Gasteiger partial charge in [0.15, 0.2) is 11.0 Å². The van der Waals surface area contributed by atoms with Crippen molar-refractivity contribution in [3.63, 3.8) is 0 Å². The molecule has 5 rings (SSSR count). The van der Waals surface area contributed by atoms with Gasteiger partial charge in [-0.2, -0.15) is 5.10 Å². The number of fused-ring (bicyclic) bond motifs is 1. The van der Waals surface area contributed by atoms with Gasteiger partial charge in [0.25, 0.3) is 0 Å². The predicted molar refractivity (Wildman–Crippen MR) is 133 cm³/mol. The van der Waals surface area contributed by atoms with Gasteiger partial charge < -0.3 is 0 Å². The minimum atomic E-state index is -0.204. The SMILES string of the molecule is Cc1nn(Cc2nnc(SCc3ccc(F)c4ccccc34)n2-c2ccccc2)c(C)c1Br. The van der Waals surface area contributed by atoms with E-state index in [1.165, 1.54) is 6.07 Å². The number of thioether (sulfide) groups is 1. The molecule has 166 valence electrons. The third-order valence-corrected chi connectivity index (χ3v) is 7.74. The quantitative estimate of drug-likeness (QED) is 0.240. The Morgan fingerprint density at radius 2 is 1.64 bits per heavy atom.